The molecule has 16 bridgehead atoms. The zero-order valence-electron chi connectivity index (χ0n) is 54.4. The summed E-state index contributed by atoms with van der Waals surface area (Å²) in [4.78, 5) is 11.9. The van der Waals surface area contributed by atoms with E-state index in [1.807, 2.05) is 0 Å². The van der Waals surface area contributed by atoms with Gasteiger partial charge in [-0.25, -0.2) is 0 Å². The van der Waals surface area contributed by atoms with Crippen LogP contribution in [0.15, 0.2) is 29.2 Å². The number of aliphatic hydroxyl groups is 23. The summed E-state index contributed by atoms with van der Waals surface area (Å²) in [6.07, 6.45) is -76.0. The molecule has 27 saturated heterocycles. The molecule has 27 aliphatic rings. The number of ether oxygens (including phenoxy) is 16. The molecular formula is C59H91NaO41S. The maximum Gasteiger partial charge on any atom is 1.00 e. The molecule has 23 N–H and O–H groups in total. The van der Waals surface area contributed by atoms with E-state index in [4.69, 9.17) is 75.8 Å². The van der Waals surface area contributed by atoms with E-state index in [1.54, 1.807) is 0 Å². The number of carboxylic acids is 1. The molecule has 102 heavy (non-hydrogen) atoms. The van der Waals surface area contributed by atoms with Crippen molar-refractivity contribution in [1.29, 1.82) is 0 Å². The summed E-state index contributed by atoms with van der Waals surface area (Å²) in [7, 11) is 0. The number of aliphatic hydroxyl groups excluding tert-OH is 23. The van der Waals surface area contributed by atoms with Gasteiger partial charge >= 0.3 is 29.6 Å². The van der Waals surface area contributed by atoms with E-state index in [9.17, 15) is 127 Å². The third kappa shape index (κ3) is 18.1. The summed E-state index contributed by atoms with van der Waals surface area (Å²) in [5.41, 5.74) is -0.155. The van der Waals surface area contributed by atoms with Crippen molar-refractivity contribution in [1.82, 2.24) is 0 Å². The SMILES string of the molecule is O=C([O-])c1ccc(SCC2OC3OCCCCC4C(CO)OC(OC5C(CO)OC(OC6C(CO)OC(OC7C(CO)OC(OC8C(CO)OC(OC9C(CO)OC(OC%10C(CO)OC(OC2C(O)C3O)C(O)C%10O)C(O)C9O)C(O)C8O)C(O)C7O)C(O)C6O)C(O)C5O)C(O)C4O)cc1.[Na+]. The first-order valence-electron chi connectivity index (χ1n) is 32.8. The molecule has 0 radical (unpaired) electrons. The van der Waals surface area contributed by atoms with E-state index >= 15 is 0 Å². The van der Waals surface area contributed by atoms with Crippen LogP contribution in [0.1, 0.15) is 29.6 Å². The number of thioether (sulfide) groups is 1. The van der Waals surface area contributed by atoms with Gasteiger partial charge in [-0.3, -0.25) is 0 Å². The average molecular weight is 1510 g/mol. The molecule has 0 amide bonds. The molecule has 40 unspecified atom stereocenters. The number of carboxylic acid groups (broad SMARTS) is 1. The third-order valence-electron chi connectivity index (χ3n) is 19.4. The molecular weight excluding hydrogens is 1420 g/mol. The summed E-state index contributed by atoms with van der Waals surface area (Å²) in [6.45, 7) is -7.40. The van der Waals surface area contributed by atoms with Crippen LogP contribution in [-0.2, 0) is 75.8 Å². The fourth-order valence-electron chi connectivity index (χ4n) is 13.6. The Morgan fingerprint density at radius 2 is 0.569 bits per heavy atom. The summed E-state index contributed by atoms with van der Waals surface area (Å²) in [5, 5.41) is 269. The molecule has 41 nitrogen and oxygen atoms in total. The minimum atomic E-state index is -2.26. The Morgan fingerprint density at radius 3 is 0.843 bits per heavy atom. The van der Waals surface area contributed by atoms with E-state index in [1.165, 1.54) is 24.3 Å². The number of aromatic carboxylic acids is 1. The Morgan fingerprint density at radius 1 is 0.324 bits per heavy atom. The van der Waals surface area contributed by atoms with Gasteiger partial charge in [0.15, 0.2) is 50.3 Å². The number of benzene rings is 1. The molecule has 580 valence electrons. The zero-order chi connectivity index (χ0) is 73.2. The summed E-state index contributed by atoms with van der Waals surface area (Å²) in [5.74, 6) is -2.67. The van der Waals surface area contributed by atoms with E-state index in [0.717, 1.165) is 11.8 Å². The van der Waals surface area contributed by atoms with Crippen molar-refractivity contribution in [3.63, 3.8) is 0 Å². The Bertz CT molecular complexity index is 2700. The molecule has 43 heteroatoms. The number of hydrogen-bond acceptors (Lipinski definition) is 42. The van der Waals surface area contributed by atoms with Crippen LogP contribution < -0.4 is 34.7 Å². The molecule has 40 atom stereocenters. The van der Waals surface area contributed by atoms with Gasteiger partial charge in [-0.15, -0.1) is 11.8 Å². The van der Waals surface area contributed by atoms with Crippen LogP contribution in [0.5, 0.6) is 0 Å². The van der Waals surface area contributed by atoms with E-state index < -0.39 is 298 Å². The molecule has 0 aliphatic carbocycles. The Hall–Kier alpha value is -1.52. The van der Waals surface area contributed by atoms with Gasteiger partial charge in [0.1, 0.15) is 171 Å². The van der Waals surface area contributed by atoms with Crippen LogP contribution in [0.3, 0.4) is 0 Å². The second-order valence-corrected chi connectivity index (χ2v) is 26.9. The molecule has 1 aromatic rings. The topological polar surface area (TPSA) is 653 Å². The van der Waals surface area contributed by atoms with Crippen LogP contribution in [0.2, 0.25) is 0 Å². The Labute approximate surface area is 605 Å². The Kier molecular flexibility index (Phi) is 31.0. The first-order chi connectivity index (χ1) is 48.2. The van der Waals surface area contributed by atoms with Gasteiger partial charge < -0.3 is 203 Å². The van der Waals surface area contributed by atoms with E-state index in [-0.39, 0.29) is 66.7 Å². The summed E-state index contributed by atoms with van der Waals surface area (Å²) >= 11 is 1.04. The van der Waals surface area contributed by atoms with Crippen LogP contribution >= 0.6 is 11.8 Å². The quantitative estimate of drug-likeness (QED) is 0.0723. The molecule has 0 saturated carbocycles. The fraction of sp³-hybridized carbons (Fsp3) is 0.881. The van der Waals surface area contributed by atoms with Gasteiger partial charge in [-0.1, -0.05) is 18.6 Å². The van der Waals surface area contributed by atoms with Crippen LogP contribution in [0, 0.1) is 5.92 Å². The summed E-state index contributed by atoms with van der Waals surface area (Å²) < 4.78 is 93.2. The second-order valence-electron chi connectivity index (χ2n) is 25.8. The molecule has 27 aliphatic heterocycles. The van der Waals surface area contributed by atoms with Crippen LogP contribution in [0.25, 0.3) is 0 Å². The van der Waals surface area contributed by atoms with Crippen molar-refractivity contribution in [2.45, 2.75) is 264 Å². The number of rotatable bonds is 11. The Balaban J connectivity index is 0.0000121. The van der Waals surface area contributed by atoms with E-state index in [2.05, 4.69) is 0 Å². The largest absolute Gasteiger partial charge is 1.00 e. The predicted octanol–water partition coefficient (Wildman–Crippen LogP) is -17.8. The smallest absolute Gasteiger partial charge is 0.545 e. The van der Waals surface area contributed by atoms with Gasteiger partial charge in [-0.2, -0.15) is 0 Å². The third-order valence-corrected chi connectivity index (χ3v) is 20.5. The van der Waals surface area contributed by atoms with Crippen LogP contribution in [-0.4, -0.2) is 422 Å². The maximum atomic E-state index is 11.8. The predicted molar refractivity (Wildman–Crippen MR) is 314 cm³/mol. The number of carbonyl (C=O) groups excluding carboxylic acids is 1. The summed E-state index contributed by atoms with van der Waals surface area (Å²) in [6, 6.07) is 5.37. The first-order valence-corrected chi connectivity index (χ1v) is 33.7. The van der Waals surface area contributed by atoms with E-state index in [0.29, 0.717) is 4.90 Å². The van der Waals surface area contributed by atoms with Crippen molar-refractivity contribution in [2.75, 3.05) is 58.6 Å². The maximum absolute atomic E-state index is 11.8. The van der Waals surface area contributed by atoms with Gasteiger partial charge in [0.2, 0.25) is 0 Å². The monoisotopic (exact) mass is 1510 g/mol. The zero-order valence-corrected chi connectivity index (χ0v) is 57.2. The average Bonchev–Trinajstić information content (AvgIpc) is 0.778. The van der Waals surface area contributed by atoms with Gasteiger partial charge in [0.05, 0.1) is 70.5 Å². The minimum absolute atomic E-state index is 0. The molecule has 0 aromatic heterocycles. The first kappa shape index (κ1) is 84.5. The number of hydrogen-bond donors (Lipinski definition) is 23. The fourth-order valence-corrected chi connectivity index (χ4v) is 14.6. The molecule has 0 spiro atoms. The molecule has 1 aromatic carbocycles. The van der Waals surface area contributed by atoms with Crippen molar-refractivity contribution in [2.24, 2.45) is 5.92 Å². The second kappa shape index (κ2) is 37.5. The normalized spacial score (nSPS) is 49.7. The van der Waals surface area contributed by atoms with Crippen molar-refractivity contribution < 1.29 is 233 Å². The molecule has 28 rings (SSSR count). The standard InChI is InChI=1S/C59H92O41S.Na/c60-9-20-19-3-1-2-8-85-52-37(76)29(68)50(27(93-52)16-101-18-6-4-17(5-7-18)51(83)84)100-59-43(82)35(74)49(26(15-66)92-59)99-58-42(81)34(73)48(25(14-65)91-58)98-57-41(80)33(72)47(24(13-64)90-57)97-56-40(79)32(71)46(23(12-63)89-56)96-55-39(78)31(70)45(22(11-62)88-55)95-54-38(77)30(69)44(21(10-61)87-54)94-53(86-20)36(75)28(19)67;/h4-7,19-50,52-82H,1-3,8-16H2,(H,83,84);/q;+1/p-1. The molecule has 27 fully saturated rings. The van der Waals surface area contributed by atoms with Crippen LogP contribution in [0.4, 0.5) is 0 Å². The van der Waals surface area contributed by atoms with Crippen molar-refractivity contribution in [3.8, 4) is 0 Å². The van der Waals surface area contributed by atoms with Gasteiger partial charge in [-0.05, 0) is 30.5 Å². The van der Waals surface area contributed by atoms with Crippen molar-refractivity contribution in [3.05, 3.63) is 29.8 Å². The van der Waals surface area contributed by atoms with Crippen molar-refractivity contribution >= 4 is 17.7 Å². The molecule has 27 heterocycles. The minimum Gasteiger partial charge on any atom is -0.545 e. The number of carbonyl (C=O) groups is 1. The van der Waals surface area contributed by atoms with Gasteiger partial charge in [0.25, 0.3) is 0 Å². The van der Waals surface area contributed by atoms with Gasteiger partial charge in [0, 0.05) is 23.2 Å².